The quantitative estimate of drug-likeness (QED) is 0.397. The van der Waals surface area contributed by atoms with Crippen LogP contribution < -0.4 is 0 Å². The van der Waals surface area contributed by atoms with Crippen LogP contribution >= 0.6 is 0 Å². The smallest absolute Gasteiger partial charge is 0.137 e. The first-order chi connectivity index (χ1) is 12.6. The summed E-state index contributed by atoms with van der Waals surface area (Å²) in [5, 5.41) is 1.09. The SMILES string of the molecule is Cc1cc(C)c(-c2nc3ccccc3c3nc4ccccn4c23)c(C)c1. The average Bonchev–Trinajstić information content (AvgIpc) is 3.01. The van der Waals surface area contributed by atoms with Crippen molar-refractivity contribution in [3.8, 4) is 11.3 Å². The van der Waals surface area contributed by atoms with Crippen LogP contribution in [0, 0.1) is 20.8 Å². The van der Waals surface area contributed by atoms with Crippen molar-refractivity contribution < 1.29 is 0 Å². The number of para-hydroxylation sites is 1. The minimum absolute atomic E-state index is 0.948. The molecule has 5 rings (SSSR count). The monoisotopic (exact) mass is 337 g/mol. The Hall–Kier alpha value is -3.20. The molecule has 3 heteroatoms. The minimum Gasteiger partial charge on any atom is -0.298 e. The predicted octanol–water partition coefficient (Wildman–Crippen LogP) is 5.63. The molecular formula is C23H19N3. The lowest BCUT2D eigenvalue weighted by molar-refractivity contribution is 1.21. The van der Waals surface area contributed by atoms with Gasteiger partial charge < -0.3 is 0 Å². The molecule has 0 fully saturated rings. The zero-order valence-corrected chi connectivity index (χ0v) is 15.1. The summed E-state index contributed by atoms with van der Waals surface area (Å²) in [5.74, 6) is 0. The normalized spacial score (nSPS) is 11.7. The van der Waals surface area contributed by atoms with Gasteiger partial charge in [0.05, 0.1) is 16.7 Å². The molecule has 0 saturated heterocycles. The van der Waals surface area contributed by atoms with Crippen molar-refractivity contribution in [2.75, 3.05) is 0 Å². The van der Waals surface area contributed by atoms with Crippen molar-refractivity contribution >= 4 is 27.6 Å². The summed E-state index contributed by atoms with van der Waals surface area (Å²) in [4.78, 5) is 10.0. The molecule has 0 spiro atoms. The van der Waals surface area contributed by atoms with Crippen LogP contribution in [0.3, 0.4) is 0 Å². The van der Waals surface area contributed by atoms with Crippen LogP contribution in [0.15, 0.2) is 60.8 Å². The second-order valence-electron chi connectivity index (χ2n) is 6.99. The third-order valence-corrected chi connectivity index (χ3v) is 5.06. The second kappa shape index (κ2) is 5.40. The van der Waals surface area contributed by atoms with Gasteiger partial charge in [-0.2, -0.15) is 0 Å². The van der Waals surface area contributed by atoms with Crippen molar-refractivity contribution in [2.45, 2.75) is 20.8 Å². The lowest BCUT2D eigenvalue weighted by Gasteiger charge is -2.13. The van der Waals surface area contributed by atoms with Crippen LogP contribution in [0.4, 0.5) is 0 Å². The summed E-state index contributed by atoms with van der Waals surface area (Å²) in [6, 6.07) is 18.8. The highest BCUT2D eigenvalue weighted by Gasteiger charge is 2.18. The summed E-state index contributed by atoms with van der Waals surface area (Å²) in [6.45, 7) is 6.48. The Morgan fingerprint density at radius 1 is 0.808 bits per heavy atom. The number of imidazole rings is 1. The van der Waals surface area contributed by atoms with Crippen molar-refractivity contribution in [3.63, 3.8) is 0 Å². The number of nitrogens with zero attached hydrogens (tertiary/aromatic N) is 3. The number of pyridine rings is 2. The molecule has 0 amide bonds. The molecule has 5 aromatic rings. The van der Waals surface area contributed by atoms with Gasteiger partial charge >= 0.3 is 0 Å². The van der Waals surface area contributed by atoms with E-state index in [0.29, 0.717) is 0 Å². The maximum Gasteiger partial charge on any atom is 0.137 e. The zero-order valence-electron chi connectivity index (χ0n) is 15.1. The van der Waals surface area contributed by atoms with Gasteiger partial charge in [-0.15, -0.1) is 0 Å². The highest BCUT2D eigenvalue weighted by Crippen LogP contribution is 2.36. The Bertz CT molecular complexity index is 1290. The molecule has 0 N–H and O–H groups in total. The van der Waals surface area contributed by atoms with Crippen LogP contribution in [0.25, 0.3) is 38.8 Å². The number of hydrogen-bond acceptors (Lipinski definition) is 2. The van der Waals surface area contributed by atoms with Gasteiger partial charge in [0.25, 0.3) is 0 Å². The number of hydrogen-bond donors (Lipinski definition) is 0. The van der Waals surface area contributed by atoms with Crippen molar-refractivity contribution in [1.82, 2.24) is 14.4 Å². The van der Waals surface area contributed by atoms with E-state index < -0.39 is 0 Å². The molecule has 0 bridgehead atoms. The topological polar surface area (TPSA) is 30.2 Å². The molecule has 3 heterocycles. The maximum atomic E-state index is 5.09. The summed E-state index contributed by atoms with van der Waals surface area (Å²) in [5.41, 5.74) is 10.0. The number of aryl methyl sites for hydroxylation is 3. The van der Waals surface area contributed by atoms with Crippen molar-refractivity contribution in [1.29, 1.82) is 0 Å². The van der Waals surface area contributed by atoms with Gasteiger partial charge in [-0.3, -0.25) is 4.40 Å². The van der Waals surface area contributed by atoms with Gasteiger partial charge in [0.15, 0.2) is 0 Å². The van der Waals surface area contributed by atoms with E-state index in [1.54, 1.807) is 0 Å². The molecule has 126 valence electrons. The van der Waals surface area contributed by atoms with Gasteiger partial charge in [0.2, 0.25) is 0 Å². The second-order valence-corrected chi connectivity index (χ2v) is 6.99. The lowest BCUT2D eigenvalue weighted by Crippen LogP contribution is -1.96. The zero-order chi connectivity index (χ0) is 17.8. The Morgan fingerprint density at radius 3 is 2.35 bits per heavy atom. The summed E-state index contributed by atoms with van der Waals surface area (Å²) in [6.07, 6.45) is 2.07. The first-order valence-corrected chi connectivity index (χ1v) is 8.87. The van der Waals surface area contributed by atoms with E-state index in [-0.39, 0.29) is 0 Å². The molecule has 0 aliphatic rings. The molecule has 0 saturated carbocycles. The largest absolute Gasteiger partial charge is 0.298 e. The van der Waals surface area contributed by atoms with Crippen molar-refractivity contribution in [2.24, 2.45) is 0 Å². The summed E-state index contributed by atoms with van der Waals surface area (Å²) in [7, 11) is 0. The summed E-state index contributed by atoms with van der Waals surface area (Å²) >= 11 is 0. The highest BCUT2D eigenvalue weighted by molar-refractivity contribution is 6.09. The van der Waals surface area contributed by atoms with Crippen LogP contribution in [-0.4, -0.2) is 14.4 Å². The standard InChI is InChI=1S/C23H19N3/c1-14-12-15(2)20(16(3)13-14)22-23-21(17-8-4-5-9-18(17)24-22)25-19-10-6-7-11-26(19)23/h4-13H,1-3H3. The first-order valence-electron chi connectivity index (χ1n) is 8.87. The fourth-order valence-electron chi connectivity index (χ4n) is 4.08. The van der Waals surface area contributed by atoms with E-state index in [1.807, 2.05) is 24.3 Å². The fourth-order valence-corrected chi connectivity index (χ4v) is 4.08. The number of rotatable bonds is 1. The van der Waals surface area contributed by atoms with Crippen LogP contribution in [0.5, 0.6) is 0 Å². The molecule has 0 aliphatic carbocycles. The number of fused-ring (bicyclic) bond motifs is 5. The first kappa shape index (κ1) is 15.1. The molecule has 0 radical (unpaired) electrons. The molecule has 2 aromatic carbocycles. The summed E-state index contributed by atoms with van der Waals surface area (Å²) < 4.78 is 2.16. The Labute approximate surface area is 152 Å². The molecule has 0 aliphatic heterocycles. The van der Waals surface area contributed by atoms with E-state index in [2.05, 4.69) is 61.7 Å². The molecular weight excluding hydrogens is 318 g/mol. The van der Waals surface area contributed by atoms with E-state index in [9.17, 15) is 0 Å². The molecule has 26 heavy (non-hydrogen) atoms. The Kier molecular flexibility index (Phi) is 3.13. The van der Waals surface area contributed by atoms with E-state index in [1.165, 1.54) is 22.3 Å². The lowest BCUT2D eigenvalue weighted by atomic mass is 9.95. The van der Waals surface area contributed by atoms with Gasteiger partial charge in [-0.1, -0.05) is 42.0 Å². The van der Waals surface area contributed by atoms with E-state index in [0.717, 1.165) is 33.3 Å². The van der Waals surface area contributed by atoms with Crippen LogP contribution in [0.2, 0.25) is 0 Å². The van der Waals surface area contributed by atoms with Crippen LogP contribution in [0.1, 0.15) is 16.7 Å². The van der Waals surface area contributed by atoms with E-state index in [4.69, 9.17) is 9.97 Å². The highest BCUT2D eigenvalue weighted by atomic mass is 15.0. The number of benzene rings is 2. The van der Waals surface area contributed by atoms with E-state index >= 15 is 0 Å². The fraction of sp³-hybridized carbons (Fsp3) is 0.130. The average molecular weight is 337 g/mol. The molecule has 3 nitrogen and oxygen atoms in total. The van der Waals surface area contributed by atoms with Gasteiger partial charge in [-0.25, -0.2) is 9.97 Å². The number of aromatic nitrogens is 3. The molecule has 0 atom stereocenters. The Balaban J connectivity index is 2.05. The van der Waals surface area contributed by atoms with Crippen LogP contribution in [-0.2, 0) is 0 Å². The van der Waals surface area contributed by atoms with Gasteiger partial charge in [0.1, 0.15) is 11.2 Å². The van der Waals surface area contributed by atoms with Gasteiger partial charge in [-0.05, 0) is 50.1 Å². The third-order valence-electron chi connectivity index (χ3n) is 5.06. The predicted molar refractivity (Wildman–Crippen MR) is 108 cm³/mol. The Morgan fingerprint density at radius 2 is 1.54 bits per heavy atom. The minimum atomic E-state index is 0.948. The molecule has 0 unspecified atom stereocenters. The van der Waals surface area contributed by atoms with Crippen molar-refractivity contribution in [3.05, 3.63) is 77.5 Å². The third kappa shape index (κ3) is 2.07. The van der Waals surface area contributed by atoms with Gasteiger partial charge in [0, 0.05) is 17.1 Å². The molecule has 3 aromatic heterocycles. The maximum absolute atomic E-state index is 5.09.